The number of nitrogens with zero attached hydrogens (tertiary/aromatic N) is 5. The maximum absolute atomic E-state index is 6.19. The first-order chi connectivity index (χ1) is 14.0. The van der Waals surface area contributed by atoms with E-state index in [1.54, 1.807) is 23.2 Å². The fourth-order valence-corrected chi connectivity index (χ4v) is 3.08. The van der Waals surface area contributed by atoms with E-state index in [0.717, 1.165) is 33.9 Å². The van der Waals surface area contributed by atoms with Crippen LogP contribution in [0.15, 0.2) is 73.1 Å². The monoisotopic (exact) mass is 387 g/mol. The summed E-state index contributed by atoms with van der Waals surface area (Å²) in [5.41, 5.74) is 11.5. The SMILES string of the molecule is C=C/C=C\C=C(/C)C(Nc1cc(-c2c(C)nnn2C)cnc1N)c1ccccn1. The van der Waals surface area contributed by atoms with Gasteiger partial charge >= 0.3 is 0 Å². The zero-order chi connectivity index (χ0) is 20.8. The van der Waals surface area contributed by atoms with Crippen LogP contribution in [0.4, 0.5) is 11.5 Å². The zero-order valence-electron chi connectivity index (χ0n) is 16.9. The third-order valence-corrected chi connectivity index (χ3v) is 4.53. The van der Waals surface area contributed by atoms with E-state index < -0.39 is 0 Å². The number of allylic oxidation sites excluding steroid dienone is 4. The summed E-state index contributed by atoms with van der Waals surface area (Å²) in [4.78, 5) is 8.90. The molecule has 0 saturated heterocycles. The average molecular weight is 387 g/mol. The summed E-state index contributed by atoms with van der Waals surface area (Å²) in [6.07, 6.45) is 11.1. The number of anilines is 2. The second kappa shape index (κ2) is 8.97. The molecule has 0 aliphatic carbocycles. The third-order valence-electron chi connectivity index (χ3n) is 4.53. The minimum atomic E-state index is -0.171. The van der Waals surface area contributed by atoms with Crippen molar-refractivity contribution in [3.63, 3.8) is 0 Å². The van der Waals surface area contributed by atoms with E-state index in [-0.39, 0.29) is 6.04 Å². The number of aromatic nitrogens is 5. The van der Waals surface area contributed by atoms with Gasteiger partial charge in [0.1, 0.15) is 5.82 Å². The van der Waals surface area contributed by atoms with Crippen molar-refractivity contribution in [1.82, 2.24) is 25.0 Å². The van der Waals surface area contributed by atoms with Gasteiger partial charge in [0.2, 0.25) is 0 Å². The van der Waals surface area contributed by atoms with Crippen LogP contribution in [0.5, 0.6) is 0 Å². The summed E-state index contributed by atoms with van der Waals surface area (Å²) >= 11 is 0. The van der Waals surface area contributed by atoms with Gasteiger partial charge in [-0.05, 0) is 37.6 Å². The Hall–Kier alpha value is -3.74. The van der Waals surface area contributed by atoms with Gasteiger partial charge in [-0.1, -0.05) is 42.2 Å². The lowest BCUT2D eigenvalue weighted by atomic mass is 10.0. The van der Waals surface area contributed by atoms with Crippen molar-refractivity contribution in [1.29, 1.82) is 0 Å². The second-order valence-electron chi connectivity index (χ2n) is 6.67. The van der Waals surface area contributed by atoms with Crippen molar-refractivity contribution in [3.05, 3.63) is 84.5 Å². The van der Waals surface area contributed by atoms with Crippen molar-refractivity contribution < 1.29 is 0 Å². The van der Waals surface area contributed by atoms with Crippen molar-refractivity contribution in [2.24, 2.45) is 7.05 Å². The highest BCUT2D eigenvalue weighted by atomic mass is 15.4. The van der Waals surface area contributed by atoms with Crippen molar-refractivity contribution in [2.45, 2.75) is 19.9 Å². The molecule has 3 aromatic rings. The van der Waals surface area contributed by atoms with Gasteiger partial charge in [-0.2, -0.15) is 0 Å². The van der Waals surface area contributed by atoms with Gasteiger partial charge < -0.3 is 11.1 Å². The first-order valence-corrected chi connectivity index (χ1v) is 9.26. The number of nitrogens with two attached hydrogens (primary N) is 1. The van der Waals surface area contributed by atoms with Crippen LogP contribution in [0.25, 0.3) is 11.3 Å². The number of pyridine rings is 2. The summed E-state index contributed by atoms with van der Waals surface area (Å²) in [5, 5.41) is 11.7. The molecule has 7 nitrogen and oxygen atoms in total. The van der Waals surface area contributed by atoms with Crippen molar-refractivity contribution in [3.8, 4) is 11.3 Å². The molecule has 3 rings (SSSR count). The van der Waals surface area contributed by atoms with E-state index in [1.165, 1.54) is 0 Å². The molecule has 0 aliphatic heterocycles. The minimum Gasteiger partial charge on any atom is -0.382 e. The zero-order valence-corrected chi connectivity index (χ0v) is 16.9. The Morgan fingerprint density at radius 1 is 1.28 bits per heavy atom. The molecule has 0 spiro atoms. The lowest BCUT2D eigenvalue weighted by molar-refractivity contribution is 0.719. The fourth-order valence-electron chi connectivity index (χ4n) is 3.08. The lowest BCUT2D eigenvalue weighted by Gasteiger charge is -2.21. The minimum absolute atomic E-state index is 0.171. The summed E-state index contributed by atoms with van der Waals surface area (Å²) in [6.45, 7) is 7.67. The van der Waals surface area contributed by atoms with Gasteiger partial charge in [0.25, 0.3) is 0 Å². The average Bonchev–Trinajstić information content (AvgIpc) is 3.06. The van der Waals surface area contributed by atoms with Gasteiger partial charge in [-0.25, -0.2) is 9.67 Å². The number of rotatable bonds is 7. The molecule has 0 saturated carbocycles. The van der Waals surface area contributed by atoms with Crippen LogP contribution in [0, 0.1) is 6.92 Å². The molecular formula is C22H25N7. The maximum Gasteiger partial charge on any atom is 0.146 e. The van der Waals surface area contributed by atoms with Crippen LogP contribution in [0.2, 0.25) is 0 Å². The maximum atomic E-state index is 6.19. The number of hydrogen-bond acceptors (Lipinski definition) is 6. The van der Waals surface area contributed by atoms with E-state index in [0.29, 0.717) is 5.82 Å². The smallest absolute Gasteiger partial charge is 0.146 e. The topological polar surface area (TPSA) is 94.5 Å². The molecule has 7 heteroatoms. The fraction of sp³-hybridized carbons (Fsp3) is 0.182. The summed E-state index contributed by atoms with van der Waals surface area (Å²) in [7, 11) is 1.86. The molecule has 148 valence electrons. The Balaban J connectivity index is 2.01. The van der Waals surface area contributed by atoms with Gasteiger partial charge in [-0.15, -0.1) is 5.10 Å². The first kappa shape index (κ1) is 20.0. The molecule has 1 unspecified atom stereocenters. The number of hydrogen-bond donors (Lipinski definition) is 2. The summed E-state index contributed by atoms with van der Waals surface area (Å²) in [6, 6.07) is 7.64. The van der Waals surface area contributed by atoms with Crippen LogP contribution >= 0.6 is 0 Å². The normalized spacial score (nSPS) is 12.9. The molecule has 29 heavy (non-hydrogen) atoms. The molecule has 0 fully saturated rings. The number of nitrogens with one attached hydrogen (secondary N) is 1. The van der Waals surface area contributed by atoms with Crippen LogP contribution in [-0.2, 0) is 7.05 Å². The molecular weight excluding hydrogens is 362 g/mol. The van der Waals surface area contributed by atoms with E-state index in [2.05, 4.69) is 32.2 Å². The first-order valence-electron chi connectivity index (χ1n) is 9.26. The molecule has 0 aliphatic rings. The van der Waals surface area contributed by atoms with Gasteiger partial charge in [0.15, 0.2) is 0 Å². The second-order valence-corrected chi connectivity index (χ2v) is 6.67. The Bertz CT molecular complexity index is 1030. The van der Waals surface area contributed by atoms with E-state index in [9.17, 15) is 0 Å². The number of aryl methyl sites for hydroxylation is 2. The lowest BCUT2D eigenvalue weighted by Crippen LogP contribution is -2.15. The quantitative estimate of drug-likeness (QED) is 0.595. The van der Waals surface area contributed by atoms with Gasteiger partial charge in [0.05, 0.1) is 28.8 Å². The van der Waals surface area contributed by atoms with Crippen LogP contribution in [0.3, 0.4) is 0 Å². The Kier molecular flexibility index (Phi) is 6.19. The molecule has 0 radical (unpaired) electrons. The van der Waals surface area contributed by atoms with Crippen LogP contribution in [0.1, 0.15) is 24.4 Å². The van der Waals surface area contributed by atoms with Crippen LogP contribution < -0.4 is 11.1 Å². The predicted molar refractivity (Wildman–Crippen MR) is 117 cm³/mol. The highest BCUT2D eigenvalue weighted by Gasteiger charge is 2.18. The Morgan fingerprint density at radius 2 is 2.10 bits per heavy atom. The molecule has 0 bridgehead atoms. The summed E-state index contributed by atoms with van der Waals surface area (Å²) < 4.78 is 1.73. The third kappa shape index (κ3) is 4.57. The molecule has 3 heterocycles. The largest absolute Gasteiger partial charge is 0.382 e. The molecule has 0 aromatic carbocycles. The predicted octanol–water partition coefficient (Wildman–Crippen LogP) is 4.00. The van der Waals surface area contributed by atoms with Crippen molar-refractivity contribution >= 4 is 11.5 Å². The molecule has 3 N–H and O–H groups in total. The van der Waals surface area contributed by atoms with Crippen LogP contribution in [-0.4, -0.2) is 25.0 Å². The van der Waals surface area contributed by atoms with E-state index in [4.69, 9.17) is 5.73 Å². The highest BCUT2D eigenvalue weighted by molar-refractivity contribution is 5.72. The van der Waals surface area contributed by atoms with Crippen molar-refractivity contribution in [2.75, 3.05) is 11.1 Å². The van der Waals surface area contributed by atoms with E-state index >= 15 is 0 Å². The molecule has 3 aromatic heterocycles. The highest BCUT2D eigenvalue weighted by Crippen LogP contribution is 2.31. The standard InChI is InChI=1S/C22H25N7/c1-5-6-7-10-15(2)20(18-11-8-9-12-24-18)26-19-13-17(14-25-22(19)23)21-16(3)27-28-29(21)4/h5-14,20,26H,1H2,2-4H3,(H2,23,25)/b7-6-,15-10+. The van der Waals surface area contributed by atoms with E-state index in [1.807, 2.05) is 63.4 Å². The molecule has 1 atom stereocenters. The summed E-state index contributed by atoms with van der Waals surface area (Å²) in [5.74, 6) is 0.414. The Morgan fingerprint density at radius 3 is 2.76 bits per heavy atom. The Labute approximate surface area is 170 Å². The van der Waals surface area contributed by atoms with Gasteiger partial charge in [-0.3, -0.25) is 4.98 Å². The van der Waals surface area contributed by atoms with Gasteiger partial charge in [0, 0.05) is 25.0 Å². The number of nitrogen functional groups attached to an aromatic ring is 1. The molecule has 0 amide bonds.